The monoisotopic (exact) mass is 347 g/mol. The number of pyridine rings is 1. The Morgan fingerprint density at radius 3 is 2.62 bits per heavy atom. The van der Waals surface area contributed by atoms with Crippen LogP contribution < -0.4 is 5.43 Å². The summed E-state index contributed by atoms with van der Waals surface area (Å²) in [4.78, 5) is 27.8. The molecule has 0 spiro atoms. The molecule has 0 unspecified atom stereocenters. The predicted octanol–water partition coefficient (Wildman–Crippen LogP) is 3.23. The highest BCUT2D eigenvalue weighted by Crippen LogP contribution is 2.30. The second-order valence-electron chi connectivity index (χ2n) is 6.36. The quantitative estimate of drug-likeness (QED) is 0.842. The summed E-state index contributed by atoms with van der Waals surface area (Å²) in [5.74, 6) is -0.218. The summed E-state index contributed by atoms with van der Waals surface area (Å²) in [7, 11) is -3.43. The normalized spacial score (nSPS) is 15.9. The SMILES string of the molecule is CCCC(=O)c1c[nH]c2ccc(S(=O)(=O)C3CCCC3)cc2c1=O. The van der Waals surface area contributed by atoms with Crippen molar-refractivity contribution >= 4 is 26.5 Å². The average molecular weight is 347 g/mol. The number of Topliss-reactive ketones (excluding diaryl/α,β-unsaturated/α-hetero) is 1. The molecule has 0 atom stereocenters. The third-order valence-corrected chi connectivity index (χ3v) is 6.96. The first-order valence-corrected chi connectivity index (χ1v) is 9.92. The van der Waals surface area contributed by atoms with E-state index < -0.39 is 15.3 Å². The molecule has 6 heteroatoms. The maximum Gasteiger partial charge on any atom is 0.200 e. The molecule has 128 valence electrons. The van der Waals surface area contributed by atoms with Crippen LogP contribution in [-0.2, 0) is 9.84 Å². The molecule has 1 aliphatic carbocycles. The van der Waals surface area contributed by atoms with Gasteiger partial charge in [-0.15, -0.1) is 0 Å². The zero-order chi connectivity index (χ0) is 17.3. The molecule has 1 saturated carbocycles. The minimum Gasteiger partial charge on any atom is -0.360 e. The topological polar surface area (TPSA) is 84.1 Å². The third-order valence-electron chi connectivity index (χ3n) is 4.70. The van der Waals surface area contributed by atoms with Crippen LogP contribution in [0.15, 0.2) is 34.1 Å². The maximum absolute atomic E-state index is 12.7. The number of ketones is 1. The van der Waals surface area contributed by atoms with E-state index in [-0.39, 0.29) is 26.9 Å². The van der Waals surface area contributed by atoms with Crippen LogP contribution in [0, 0.1) is 0 Å². The van der Waals surface area contributed by atoms with E-state index in [1.54, 1.807) is 12.1 Å². The van der Waals surface area contributed by atoms with Gasteiger partial charge in [0.05, 0.1) is 15.7 Å². The Bertz CT molecular complexity index is 937. The molecule has 5 nitrogen and oxygen atoms in total. The molecule has 0 saturated heterocycles. The van der Waals surface area contributed by atoms with E-state index in [1.165, 1.54) is 12.3 Å². The van der Waals surface area contributed by atoms with E-state index in [2.05, 4.69) is 4.98 Å². The van der Waals surface area contributed by atoms with Crippen LogP contribution in [0.4, 0.5) is 0 Å². The smallest absolute Gasteiger partial charge is 0.200 e. The van der Waals surface area contributed by atoms with Crippen LogP contribution >= 0.6 is 0 Å². The summed E-state index contributed by atoms with van der Waals surface area (Å²) in [6, 6.07) is 4.57. The molecule has 0 radical (unpaired) electrons. The molecule has 1 fully saturated rings. The number of sulfone groups is 1. The molecule has 0 amide bonds. The molecule has 24 heavy (non-hydrogen) atoms. The molecule has 2 aromatic rings. The molecular weight excluding hydrogens is 326 g/mol. The lowest BCUT2D eigenvalue weighted by molar-refractivity contribution is 0.0980. The molecule has 1 aromatic carbocycles. The lowest BCUT2D eigenvalue weighted by Crippen LogP contribution is -2.19. The van der Waals surface area contributed by atoms with Crippen molar-refractivity contribution in [1.82, 2.24) is 4.98 Å². The van der Waals surface area contributed by atoms with E-state index in [1.807, 2.05) is 6.92 Å². The average Bonchev–Trinajstić information content (AvgIpc) is 3.10. The first kappa shape index (κ1) is 16.9. The summed E-state index contributed by atoms with van der Waals surface area (Å²) >= 11 is 0. The summed E-state index contributed by atoms with van der Waals surface area (Å²) in [6.45, 7) is 1.87. The highest BCUT2D eigenvalue weighted by Gasteiger charge is 2.30. The standard InChI is InChI=1S/C18H21NO4S/c1-2-5-17(20)15-11-19-16-9-8-13(10-14(16)18(15)21)24(22,23)12-6-3-4-7-12/h8-12H,2-7H2,1H3,(H,19,21). The number of carbonyl (C=O) groups excluding carboxylic acids is 1. The van der Waals surface area contributed by atoms with E-state index in [9.17, 15) is 18.0 Å². The number of benzene rings is 1. The first-order valence-electron chi connectivity index (χ1n) is 8.37. The molecule has 0 aliphatic heterocycles. The Labute approximate surface area is 141 Å². The Kier molecular flexibility index (Phi) is 4.58. The number of H-pyrrole nitrogens is 1. The number of hydrogen-bond donors (Lipinski definition) is 1. The zero-order valence-electron chi connectivity index (χ0n) is 13.7. The first-order chi connectivity index (χ1) is 11.4. The summed E-state index contributed by atoms with van der Waals surface area (Å²) in [5, 5.41) is -0.102. The van der Waals surface area contributed by atoms with Crippen molar-refractivity contribution in [2.45, 2.75) is 55.6 Å². The van der Waals surface area contributed by atoms with Crippen molar-refractivity contribution in [1.29, 1.82) is 0 Å². The van der Waals surface area contributed by atoms with Crippen LogP contribution in [0.2, 0.25) is 0 Å². The number of aromatic amines is 1. The van der Waals surface area contributed by atoms with Crippen molar-refractivity contribution in [3.05, 3.63) is 40.2 Å². The van der Waals surface area contributed by atoms with Gasteiger partial charge in [0.25, 0.3) is 0 Å². The van der Waals surface area contributed by atoms with E-state index in [4.69, 9.17) is 0 Å². The van der Waals surface area contributed by atoms with Crippen molar-refractivity contribution in [2.24, 2.45) is 0 Å². The lowest BCUT2D eigenvalue weighted by atomic mass is 10.1. The van der Waals surface area contributed by atoms with Gasteiger partial charge in [-0.05, 0) is 37.5 Å². The molecule has 3 rings (SSSR count). The van der Waals surface area contributed by atoms with Gasteiger partial charge in [-0.3, -0.25) is 9.59 Å². The van der Waals surface area contributed by atoms with Gasteiger partial charge in [-0.1, -0.05) is 19.8 Å². The van der Waals surface area contributed by atoms with E-state index >= 15 is 0 Å². The van der Waals surface area contributed by atoms with Gasteiger partial charge in [0.15, 0.2) is 21.0 Å². The molecule has 1 heterocycles. The van der Waals surface area contributed by atoms with Crippen molar-refractivity contribution < 1.29 is 13.2 Å². The lowest BCUT2D eigenvalue weighted by Gasteiger charge is -2.12. The van der Waals surface area contributed by atoms with Gasteiger partial charge in [0.2, 0.25) is 0 Å². The largest absolute Gasteiger partial charge is 0.360 e. The molecular formula is C18H21NO4S. The highest BCUT2D eigenvalue weighted by atomic mass is 32.2. The Morgan fingerprint density at radius 2 is 1.96 bits per heavy atom. The van der Waals surface area contributed by atoms with Crippen LogP contribution in [-0.4, -0.2) is 24.4 Å². The number of carbonyl (C=O) groups is 1. The Hall–Kier alpha value is -1.95. The second kappa shape index (κ2) is 6.51. The minimum absolute atomic E-state index is 0.0970. The fraction of sp³-hybridized carbons (Fsp3) is 0.444. The summed E-state index contributed by atoms with van der Waals surface area (Å²) in [5.41, 5.74) is 0.240. The molecule has 0 bridgehead atoms. The van der Waals surface area contributed by atoms with Crippen LogP contribution in [0.1, 0.15) is 55.8 Å². The number of rotatable bonds is 5. The highest BCUT2D eigenvalue weighted by molar-refractivity contribution is 7.92. The van der Waals surface area contributed by atoms with Gasteiger partial charge >= 0.3 is 0 Å². The Morgan fingerprint density at radius 1 is 1.25 bits per heavy atom. The fourth-order valence-corrected chi connectivity index (χ4v) is 5.21. The Balaban J connectivity index is 2.11. The number of hydrogen-bond acceptors (Lipinski definition) is 4. The summed E-state index contributed by atoms with van der Waals surface area (Å²) < 4.78 is 25.5. The number of nitrogens with one attached hydrogen (secondary N) is 1. The molecule has 1 aromatic heterocycles. The van der Waals surface area contributed by atoms with Gasteiger partial charge in [-0.2, -0.15) is 0 Å². The van der Waals surface area contributed by atoms with Crippen LogP contribution in [0.5, 0.6) is 0 Å². The van der Waals surface area contributed by atoms with Crippen LogP contribution in [0.25, 0.3) is 10.9 Å². The molecule has 1 N–H and O–H groups in total. The van der Waals surface area contributed by atoms with Gasteiger partial charge < -0.3 is 4.98 Å². The predicted molar refractivity (Wildman–Crippen MR) is 93.2 cm³/mol. The van der Waals surface area contributed by atoms with Gasteiger partial charge in [0, 0.05) is 23.5 Å². The van der Waals surface area contributed by atoms with Crippen molar-refractivity contribution in [3.8, 4) is 0 Å². The molecule has 1 aliphatic rings. The summed E-state index contributed by atoms with van der Waals surface area (Å²) in [6.07, 6.45) is 5.58. The van der Waals surface area contributed by atoms with Crippen molar-refractivity contribution in [2.75, 3.05) is 0 Å². The van der Waals surface area contributed by atoms with Gasteiger partial charge in [0.1, 0.15) is 0 Å². The van der Waals surface area contributed by atoms with E-state index in [0.717, 1.165) is 12.8 Å². The van der Waals surface area contributed by atoms with Crippen molar-refractivity contribution in [3.63, 3.8) is 0 Å². The maximum atomic E-state index is 12.7. The van der Waals surface area contributed by atoms with Crippen LogP contribution in [0.3, 0.4) is 0 Å². The second-order valence-corrected chi connectivity index (χ2v) is 8.59. The minimum atomic E-state index is -3.43. The van der Waals surface area contributed by atoms with E-state index in [0.29, 0.717) is 31.2 Å². The third kappa shape index (κ3) is 2.90. The fourth-order valence-electron chi connectivity index (χ4n) is 3.33. The number of fused-ring (bicyclic) bond motifs is 1. The van der Waals surface area contributed by atoms with Gasteiger partial charge in [-0.25, -0.2) is 8.42 Å². The number of aromatic nitrogens is 1. The zero-order valence-corrected chi connectivity index (χ0v) is 14.5.